The molecule has 0 saturated carbocycles. The zero-order valence-electron chi connectivity index (χ0n) is 3.21. The molecule has 0 aromatic rings. The first-order valence-electron chi connectivity index (χ1n) is 0. The molecule has 0 saturated heterocycles. The fraction of sp³-hybridized carbons (Fsp3) is 0. The molecule has 0 bridgehead atoms. The molecule has 0 rings (SSSR count). The number of hydrogen-bond donors (Lipinski definition) is 0. The van der Waals surface area contributed by atoms with Gasteiger partial charge in [-0.05, 0) is 0 Å². The summed E-state index contributed by atoms with van der Waals surface area (Å²) in [4.78, 5) is 0. The van der Waals surface area contributed by atoms with Gasteiger partial charge in [0.1, 0.15) is 0 Å². The van der Waals surface area contributed by atoms with Crippen LogP contribution in [0.4, 0.5) is 0 Å². The molecule has 0 aliphatic carbocycles. The van der Waals surface area contributed by atoms with Gasteiger partial charge < -0.3 is 2.85 Å². The molecule has 0 amide bonds. The molecule has 0 spiro atoms. The van der Waals surface area contributed by atoms with E-state index in [1.807, 2.05) is 0 Å². The van der Waals surface area contributed by atoms with Crippen LogP contribution in [-0.2, 0) is 0 Å². The fourth-order valence-corrected chi connectivity index (χ4v) is 0. The molecular weight excluding hydrogens is 359 g/mol. The Kier molecular flexibility index (Phi) is 109. The summed E-state index contributed by atoms with van der Waals surface area (Å²) in [6.07, 6.45) is 0. The molecule has 0 aromatic heterocycles. The summed E-state index contributed by atoms with van der Waals surface area (Å²) in [6, 6.07) is 0. The summed E-state index contributed by atoms with van der Waals surface area (Å²) < 4.78 is 0. The topological polar surface area (TPSA) is 0 Å². The molecule has 4 heavy (non-hydrogen) atoms. The summed E-state index contributed by atoms with van der Waals surface area (Å²) in [7, 11) is 0. The van der Waals surface area contributed by atoms with Gasteiger partial charge in [0.2, 0.25) is 0 Å². The van der Waals surface area contributed by atoms with Crippen LogP contribution in [0.1, 0.15) is 2.85 Å². The SMILES string of the molecule is [Ba+2].[GaH3].[GeH4].[H-].[H-].[SeH2]. The summed E-state index contributed by atoms with van der Waals surface area (Å²) in [5.41, 5.74) is 0. The van der Waals surface area contributed by atoms with Crippen LogP contribution in [0.2, 0.25) is 0 Å². The van der Waals surface area contributed by atoms with E-state index in [4.69, 9.17) is 0 Å². The Balaban J connectivity index is 0. The van der Waals surface area contributed by atoms with Crippen molar-refractivity contribution in [2.24, 2.45) is 0 Å². The number of hydrogen-bond acceptors (Lipinski definition) is 0. The van der Waals surface area contributed by atoms with E-state index in [0.29, 0.717) is 0 Å². The van der Waals surface area contributed by atoms with E-state index in [1.54, 1.807) is 0 Å². The van der Waals surface area contributed by atoms with E-state index in [2.05, 4.69) is 0 Å². The van der Waals surface area contributed by atoms with E-state index in [9.17, 15) is 0 Å². The predicted molar refractivity (Wildman–Crippen MR) is 37.8 cm³/mol. The van der Waals surface area contributed by atoms with Crippen LogP contribution in [0.15, 0.2) is 0 Å². The van der Waals surface area contributed by atoms with Crippen LogP contribution in [0.3, 0.4) is 0 Å². The predicted octanol–water partition coefficient (Wildman–Crippen LogP) is -3.71. The van der Waals surface area contributed by atoms with E-state index in [1.165, 1.54) is 0 Å². The second kappa shape index (κ2) is 16.3. The molecular formula is H11BaGaGeSe. The van der Waals surface area contributed by atoms with E-state index >= 15 is 0 Å². The van der Waals surface area contributed by atoms with Crippen molar-refractivity contribution in [3.05, 3.63) is 0 Å². The van der Waals surface area contributed by atoms with Gasteiger partial charge in [0, 0.05) is 0 Å². The third-order valence-electron chi connectivity index (χ3n) is 0. The van der Waals surface area contributed by atoms with Crippen molar-refractivity contribution in [3.8, 4) is 0 Å². The van der Waals surface area contributed by atoms with Crippen molar-refractivity contribution in [2.45, 2.75) is 0 Å². The molecule has 0 atom stereocenters. The second-order valence-electron chi connectivity index (χ2n) is 0. The minimum absolute atomic E-state index is 0. The Hall–Kier alpha value is 3.27. The van der Waals surface area contributed by atoms with Gasteiger partial charge in [0.25, 0.3) is 0 Å². The van der Waals surface area contributed by atoms with Crippen molar-refractivity contribution in [1.29, 1.82) is 0 Å². The molecule has 0 unspecified atom stereocenters. The van der Waals surface area contributed by atoms with Crippen molar-refractivity contribution in [2.75, 3.05) is 0 Å². The van der Waals surface area contributed by atoms with Crippen LogP contribution in [0.5, 0.6) is 0 Å². The molecule has 0 radical (unpaired) electrons. The van der Waals surface area contributed by atoms with Crippen LogP contribution in [-0.4, -0.2) is 103 Å². The van der Waals surface area contributed by atoms with Crippen LogP contribution in [0.25, 0.3) is 0 Å². The average Bonchev–Trinajstić information content (AvgIpc) is 0. The number of rotatable bonds is 0. The Bertz CT molecular complexity index is 13.5. The van der Waals surface area contributed by atoms with E-state index in [-0.39, 0.29) is 106 Å². The average molecular weight is 370 g/mol. The van der Waals surface area contributed by atoms with Gasteiger partial charge in [0.05, 0.1) is 0 Å². The van der Waals surface area contributed by atoms with Gasteiger partial charge in [-0.1, -0.05) is 0 Å². The summed E-state index contributed by atoms with van der Waals surface area (Å²) in [5, 5.41) is 0. The Morgan fingerprint density at radius 3 is 1.25 bits per heavy atom. The molecule has 0 fully saturated rings. The summed E-state index contributed by atoms with van der Waals surface area (Å²) in [6.45, 7) is 0. The quantitative estimate of drug-likeness (QED) is 0.386. The third kappa shape index (κ3) is 8.99. The van der Waals surface area contributed by atoms with Crippen LogP contribution >= 0.6 is 0 Å². The Morgan fingerprint density at radius 1 is 1.25 bits per heavy atom. The molecule has 0 aromatic carbocycles. The second-order valence-corrected chi connectivity index (χ2v) is 0. The molecule has 0 N–H and O–H groups in total. The van der Waals surface area contributed by atoms with Crippen molar-refractivity contribution < 1.29 is 2.85 Å². The Morgan fingerprint density at radius 2 is 1.25 bits per heavy atom. The fourth-order valence-electron chi connectivity index (χ4n) is 0. The van der Waals surface area contributed by atoms with E-state index < -0.39 is 0 Å². The summed E-state index contributed by atoms with van der Waals surface area (Å²) in [5.74, 6) is 0. The third-order valence-corrected chi connectivity index (χ3v) is 0. The molecule has 26 valence electrons. The molecule has 0 heterocycles. The standard InChI is InChI=1S/Ba.Ga.GeH4.H2Se.5H/h;;1H4;1H2;;;;;/q+2;;;;;;;2*-1. The van der Waals surface area contributed by atoms with Crippen molar-refractivity contribution in [3.63, 3.8) is 0 Å². The van der Waals surface area contributed by atoms with Gasteiger partial charge in [-0.3, -0.25) is 0 Å². The molecule has 0 aliphatic rings. The zero-order chi connectivity index (χ0) is 0. The molecule has 0 nitrogen and oxygen atoms in total. The first kappa shape index (κ1) is 26.7. The molecule has 0 aliphatic heterocycles. The maximum absolute atomic E-state index is 0. The Labute approximate surface area is 104 Å². The monoisotopic (exact) mass is 372 g/mol. The van der Waals surface area contributed by atoms with Gasteiger partial charge in [0.15, 0.2) is 0 Å². The van der Waals surface area contributed by atoms with E-state index in [0.717, 1.165) is 0 Å². The van der Waals surface area contributed by atoms with Gasteiger partial charge in [-0.15, -0.1) is 0 Å². The van der Waals surface area contributed by atoms with Crippen molar-refractivity contribution in [1.82, 2.24) is 0 Å². The van der Waals surface area contributed by atoms with Gasteiger partial charge in [-0.25, -0.2) is 0 Å². The first-order chi connectivity index (χ1) is 0. The normalized spacial score (nSPS) is 0. The summed E-state index contributed by atoms with van der Waals surface area (Å²) >= 11 is 0. The molecule has 4 heteroatoms. The van der Waals surface area contributed by atoms with Crippen molar-refractivity contribution >= 4 is 103 Å². The van der Waals surface area contributed by atoms with Gasteiger partial charge >= 0.3 is 103 Å². The van der Waals surface area contributed by atoms with Crippen LogP contribution < -0.4 is 0 Å². The van der Waals surface area contributed by atoms with Crippen LogP contribution in [0, 0.1) is 0 Å². The zero-order valence-corrected chi connectivity index (χ0v) is 7.75. The minimum atomic E-state index is 0. The maximum atomic E-state index is 0. The first-order valence-corrected chi connectivity index (χ1v) is 0. The van der Waals surface area contributed by atoms with Gasteiger partial charge in [-0.2, -0.15) is 0 Å².